The Kier molecular flexibility index (Phi) is 7.72. The molecule has 21 heavy (non-hydrogen) atoms. The van der Waals surface area contributed by atoms with Crippen LogP contribution in [-0.4, -0.2) is 45.4 Å². The molecule has 0 aliphatic heterocycles. The van der Waals surface area contributed by atoms with E-state index in [-0.39, 0.29) is 0 Å². The molecule has 0 saturated carbocycles. The van der Waals surface area contributed by atoms with Gasteiger partial charge in [-0.05, 0) is 45.5 Å². The molecule has 0 aliphatic rings. The van der Waals surface area contributed by atoms with Crippen LogP contribution in [0.25, 0.3) is 0 Å². The summed E-state index contributed by atoms with van der Waals surface area (Å²) in [6.45, 7) is 9.12. The highest BCUT2D eigenvalue weighted by atomic mass is 16.5. The maximum atomic E-state index is 5.52. The monoisotopic (exact) mass is 294 g/mol. The summed E-state index contributed by atoms with van der Waals surface area (Å²) < 4.78 is 10.7. The van der Waals surface area contributed by atoms with Crippen molar-refractivity contribution in [1.82, 2.24) is 10.2 Å². The first-order valence-corrected chi connectivity index (χ1v) is 7.60. The van der Waals surface area contributed by atoms with E-state index in [4.69, 9.17) is 9.47 Å². The summed E-state index contributed by atoms with van der Waals surface area (Å²) >= 11 is 0. The van der Waals surface area contributed by atoms with Crippen LogP contribution < -0.4 is 10.1 Å². The Morgan fingerprint density at radius 2 is 1.90 bits per heavy atom. The van der Waals surface area contributed by atoms with Crippen molar-refractivity contribution in [3.8, 4) is 5.75 Å². The zero-order chi connectivity index (χ0) is 15.8. The van der Waals surface area contributed by atoms with E-state index in [1.165, 1.54) is 11.1 Å². The summed E-state index contributed by atoms with van der Waals surface area (Å²) in [6, 6.07) is 7.23. The number of rotatable bonds is 9. The molecular formula is C17H30N2O2. The molecule has 0 heterocycles. The molecule has 1 aromatic rings. The van der Waals surface area contributed by atoms with Crippen LogP contribution in [0.1, 0.15) is 37.9 Å². The molecule has 0 spiro atoms. The fourth-order valence-corrected chi connectivity index (χ4v) is 2.31. The second kappa shape index (κ2) is 9.03. The molecule has 1 unspecified atom stereocenters. The zero-order valence-electron chi connectivity index (χ0n) is 14.3. The third kappa shape index (κ3) is 5.30. The van der Waals surface area contributed by atoms with E-state index in [1.807, 2.05) is 7.05 Å². The van der Waals surface area contributed by atoms with Crippen molar-refractivity contribution < 1.29 is 9.47 Å². The Bertz CT molecular complexity index is 421. The van der Waals surface area contributed by atoms with E-state index < -0.39 is 0 Å². The highest BCUT2D eigenvalue weighted by molar-refractivity contribution is 5.38. The van der Waals surface area contributed by atoms with Gasteiger partial charge in [-0.3, -0.25) is 4.90 Å². The van der Waals surface area contributed by atoms with Crippen LogP contribution >= 0.6 is 0 Å². The maximum absolute atomic E-state index is 5.52. The van der Waals surface area contributed by atoms with Gasteiger partial charge in [-0.2, -0.15) is 0 Å². The molecule has 1 aromatic carbocycles. The van der Waals surface area contributed by atoms with Crippen molar-refractivity contribution in [2.45, 2.75) is 39.4 Å². The van der Waals surface area contributed by atoms with Gasteiger partial charge in [0.05, 0.1) is 13.7 Å². The Morgan fingerprint density at radius 3 is 2.43 bits per heavy atom. The second-order valence-corrected chi connectivity index (χ2v) is 5.64. The van der Waals surface area contributed by atoms with Gasteiger partial charge in [0.15, 0.2) is 0 Å². The lowest BCUT2D eigenvalue weighted by Crippen LogP contribution is -2.33. The number of nitrogens with one attached hydrogen (secondary N) is 1. The van der Waals surface area contributed by atoms with E-state index in [0.29, 0.717) is 12.1 Å². The molecule has 0 saturated heterocycles. The lowest BCUT2D eigenvalue weighted by atomic mass is 10.0. The van der Waals surface area contributed by atoms with Crippen LogP contribution in [0.4, 0.5) is 0 Å². The van der Waals surface area contributed by atoms with E-state index in [9.17, 15) is 0 Å². The van der Waals surface area contributed by atoms with Gasteiger partial charge in [0.1, 0.15) is 5.75 Å². The van der Waals surface area contributed by atoms with Crippen LogP contribution in [0.2, 0.25) is 0 Å². The molecular weight excluding hydrogens is 264 g/mol. The maximum Gasteiger partial charge on any atom is 0.123 e. The molecule has 1 rings (SSSR count). The van der Waals surface area contributed by atoms with Crippen LogP contribution in [0, 0.1) is 0 Å². The van der Waals surface area contributed by atoms with Crippen molar-refractivity contribution in [1.29, 1.82) is 0 Å². The van der Waals surface area contributed by atoms with Gasteiger partial charge in [0, 0.05) is 37.8 Å². The van der Waals surface area contributed by atoms with Crippen LogP contribution in [-0.2, 0) is 11.3 Å². The van der Waals surface area contributed by atoms with E-state index in [0.717, 1.165) is 25.4 Å². The SMILES string of the molecule is CNC(C)c1ccc(OC)c(CN(CCOC)C(C)C)c1. The minimum Gasteiger partial charge on any atom is -0.496 e. The molecule has 0 amide bonds. The van der Waals surface area contributed by atoms with Crippen LogP contribution in [0.3, 0.4) is 0 Å². The molecule has 4 heteroatoms. The van der Waals surface area contributed by atoms with Gasteiger partial charge in [-0.15, -0.1) is 0 Å². The normalized spacial score (nSPS) is 13.0. The molecule has 0 aromatic heterocycles. The van der Waals surface area contributed by atoms with Crippen molar-refractivity contribution in [3.63, 3.8) is 0 Å². The summed E-state index contributed by atoms with van der Waals surface area (Å²) in [5, 5.41) is 3.28. The van der Waals surface area contributed by atoms with Crippen LogP contribution in [0.15, 0.2) is 18.2 Å². The smallest absolute Gasteiger partial charge is 0.123 e. The van der Waals surface area contributed by atoms with Crippen LogP contribution in [0.5, 0.6) is 5.75 Å². The van der Waals surface area contributed by atoms with Gasteiger partial charge in [0.2, 0.25) is 0 Å². The number of nitrogens with zero attached hydrogens (tertiary/aromatic N) is 1. The number of hydrogen-bond acceptors (Lipinski definition) is 4. The summed E-state index contributed by atoms with van der Waals surface area (Å²) in [5.41, 5.74) is 2.51. The molecule has 0 radical (unpaired) electrons. The first-order chi connectivity index (χ1) is 10.0. The Hall–Kier alpha value is -1.10. The third-order valence-corrected chi connectivity index (χ3v) is 3.92. The highest BCUT2D eigenvalue weighted by Gasteiger charge is 2.14. The minimum absolute atomic E-state index is 0.334. The van der Waals surface area contributed by atoms with E-state index in [2.05, 4.69) is 49.2 Å². The number of ether oxygens (including phenoxy) is 2. The predicted octanol–water partition coefficient (Wildman–Crippen LogP) is 2.83. The van der Waals surface area contributed by atoms with E-state index >= 15 is 0 Å². The molecule has 0 bridgehead atoms. The van der Waals surface area contributed by atoms with Crippen molar-refractivity contribution in [2.75, 3.05) is 34.4 Å². The predicted molar refractivity (Wildman–Crippen MR) is 87.9 cm³/mol. The first-order valence-electron chi connectivity index (χ1n) is 7.60. The summed E-state index contributed by atoms with van der Waals surface area (Å²) in [7, 11) is 5.46. The average molecular weight is 294 g/mol. The molecule has 1 N–H and O–H groups in total. The minimum atomic E-state index is 0.334. The molecule has 120 valence electrons. The third-order valence-electron chi connectivity index (χ3n) is 3.92. The fraction of sp³-hybridized carbons (Fsp3) is 0.647. The molecule has 4 nitrogen and oxygen atoms in total. The van der Waals surface area contributed by atoms with Gasteiger partial charge in [0.25, 0.3) is 0 Å². The fourth-order valence-electron chi connectivity index (χ4n) is 2.31. The highest BCUT2D eigenvalue weighted by Crippen LogP contribution is 2.25. The Labute approximate surface area is 129 Å². The van der Waals surface area contributed by atoms with Gasteiger partial charge >= 0.3 is 0 Å². The molecule has 0 aliphatic carbocycles. The van der Waals surface area contributed by atoms with Gasteiger partial charge in [-0.25, -0.2) is 0 Å². The second-order valence-electron chi connectivity index (χ2n) is 5.64. The number of methoxy groups -OCH3 is 2. The Balaban J connectivity index is 2.96. The Morgan fingerprint density at radius 1 is 1.19 bits per heavy atom. The topological polar surface area (TPSA) is 33.7 Å². The standard InChI is InChI=1S/C17H30N2O2/c1-13(2)19(9-10-20-5)12-16-11-15(14(3)18-4)7-8-17(16)21-6/h7-8,11,13-14,18H,9-10,12H2,1-6H3. The van der Waals surface area contributed by atoms with E-state index in [1.54, 1.807) is 14.2 Å². The first kappa shape index (κ1) is 18.0. The van der Waals surface area contributed by atoms with Crippen molar-refractivity contribution in [3.05, 3.63) is 29.3 Å². The number of hydrogen-bond donors (Lipinski definition) is 1. The largest absolute Gasteiger partial charge is 0.496 e. The molecule has 0 fully saturated rings. The lowest BCUT2D eigenvalue weighted by molar-refractivity contribution is 0.124. The van der Waals surface area contributed by atoms with Crippen molar-refractivity contribution >= 4 is 0 Å². The summed E-state index contributed by atoms with van der Waals surface area (Å²) in [5.74, 6) is 0.949. The quantitative estimate of drug-likeness (QED) is 0.759. The van der Waals surface area contributed by atoms with Gasteiger partial charge < -0.3 is 14.8 Å². The number of benzene rings is 1. The molecule has 1 atom stereocenters. The van der Waals surface area contributed by atoms with Gasteiger partial charge in [-0.1, -0.05) is 6.07 Å². The van der Waals surface area contributed by atoms with Crippen molar-refractivity contribution in [2.24, 2.45) is 0 Å². The summed E-state index contributed by atoms with van der Waals surface area (Å²) in [6.07, 6.45) is 0. The average Bonchev–Trinajstić information content (AvgIpc) is 2.50. The summed E-state index contributed by atoms with van der Waals surface area (Å²) in [4.78, 5) is 2.40. The zero-order valence-corrected chi connectivity index (χ0v) is 14.3. The lowest BCUT2D eigenvalue weighted by Gasteiger charge is -2.27.